The summed E-state index contributed by atoms with van der Waals surface area (Å²) in [7, 11) is 0. The van der Waals surface area contributed by atoms with Gasteiger partial charge in [0.25, 0.3) is 5.91 Å². The molecule has 0 saturated carbocycles. The normalized spacial score (nSPS) is 19.1. The number of benzene rings is 1. The zero-order valence-electron chi connectivity index (χ0n) is 9.21. The van der Waals surface area contributed by atoms with Crippen LogP contribution in [0.15, 0.2) is 24.3 Å². The Labute approximate surface area is 97.7 Å². The van der Waals surface area contributed by atoms with Gasteiger partial charge in [-0.3, -0.25) is 19.3 Å². The van der Waals surface area contributed by atoms with Crippen LogP contribution in [0.4, 0.5) is 0 Å². The van der Waals surface area contributed by atoms with Crippen molar-refractivity contribution in [2.75, 3.05) is 6.54 Å². The number of carboxylic acid groups (broad SMARTS) is 1. The Hall–Kier alpha value is -2.17. The van der Waals surface area contributed by atoms with Crippen molar-refractivity contribution < 1.29 is 19.5 Å². The second kappa shape index (κ2) is 4.01. The van der Waals surface area contributed by atoms with Crippen LogP contribution in [0.5, 0.6) is 0 Å². The van der Waals surface area contributed by atoms with Gasteiger partial charge in [0.15, 0.2) is 5.92 Å². The Morgan fingerprint density at radius 1 is 1.35 bits per heavy atom. The van der Waals surface area contributed by atoms with E-state index in [1.807, 2.05) is 0 Å². The van der Waals surface area contributed by atoms with Crippen LogP contribution >= 0.6 is 0 Å². The quantitative estimate of drug-likeness (QED) is 0.607. The maximum Gasteiger partial charge on any atom is 0.320 e. The Kier molecular flexibility index (Phi) is 2.67. The molecule has 2 amide bonds. The van der Waals surface area contributed by atoms with Gasteiger partial charge in [-0.15, -0.1) is 0 Å². The summed E-state index contributed by atoms with van der Waals surface area (Å²) in [6.45, 7) is 1.82. The van der Waals surface area contributed by atoms with E-state index in [0.29, 0.717) is 5.56 Å². The molecule has 1 aromatic rings. The van der Waals surface area contributed by atoms with Crippen LogP contribution in [0.2, 0.25) is 0 Å². The molecular formula is C12H11NO4. The fourth-order valence-electron chi connectivity index (χ4n) is 2.02. The summed E-state index contributed by atoms with van der Waals surface area (Å²) in [4.78, 5) is 35.9. The first-order valence-electron chi connectivity index (χ1n) is 5.25. The van der Waals surface area contributed by atoms with Crippen molar-refractivity contribution in [3.8, 4) is 0 Å². The highest BCUT2D eigenvalue weighted by molar-refractivity contribution is 6.17. The van der Waals surface area contributed by atoms with Crippen LogP contribution in [0, 0.1) is 0 Å². The van der Waals surface area contributed by atoms with Gasteiger partial charge in [-0.2, -0.15) is 0 Å². The van der Waals surface area contributed by atoms with E-state index in [1.165, 1.54) is 6.07 Å². The number of aliphatic carboxylic acids is 1. The van der Waals surface area contributed by atoms with Gasteiger partial charge in [0.2, 0.25) is 5.91 Å². The Bertz CT molecular complexity index is 509. The maximum atomic E-state index is 11.9. The number of carboxylic acids is 1. The topological polar surface area (TPSA) is 74.7 Å². The molecule has 1 atom stereocenters. The second-order valence-corrected chi connectivity index (χ2v) is 3.75. The lowest BCUT2D eigenvalue weighted by Gasteiger charge is -2.29. The summed E-state index contributed by atoms with van der Waals surface area (Å²) in [6.07, 6.45) is 0. The number of rotatable bonds is 2. The predicted molar refractivity (Wildman–Crippen MR) is 58.5 cm³/mol. The Balaban J connectivity index is 2.63. The summed E-state index contributed by atoms with van der Waals surface area (Å²) in [5, 5.41) is 9.10. The maximum absolute atomic E-state index is 11.9. The van der Waals surface area contributed by atoms with Crippen molar-refractivity contribution in [2.45, 2.75) is 12.8 Å². The number of hydrogen-bond acceptors (Lipinski definition) is 3. The van der Waals surface area contributed by atoms with E-state index >= 15 is 0 Å². The largest absolute Gasteiger partial charge is 0.480 e. The van der Waals surface area contributed by atoms with Crippen LogP contribution in [0.3, 0.4) is 0 Å². The number of carbonyl (C=O) groups is 3. The van der Waals surface area contributed by atoms with Gasteiger partial charge in [0.05, 0.1) is 0 Å². The van der Waals surface area contributed by atoms with Crippen molar-refractivity contribution in [1.29, 1.82) is 0 Å². The second-order valence-electron chi connectivity index (χ2n) is 3.75. The molecule has 88 valence electrons. The predicted octanol–water partition coefficient (Wildman–Crippen LogP) is 0.857. The van der Waals surface area contributed by atoms with Crippen LogP contribution in [-0.4, -0.2) is 34.3 Å². The zero-order valence-corrected chi connectivity index (χ0v) is 9.21. The molecule has 0 radical (unpaired) electrons. The first-order chi connectivity index (χ1) is 8.07. The molecule has 1 unspecified atom stereocenters. The first kappa shape index (κ1) is 11.3. The molecule has 2 rings (SSSR count). The first-order valence-corrected chi connectivity index (χ1v) is 5.25. The molecular weight excluding hydrogens is 222 g/mol. The molecule has 0 saturated heterocycles. The molecule has 17 heavy (non-hydrogen) atoms. The summed E-state index contributed by atoms with van der Waals surface area (Å²) in [5.74, 6) is -3.59. The number of imide groups is 1. The number of hydrogen-bond donors (Lipinski definition) is 1. The SMILES string of the molecule is CCN1C(=O)c2ccccc2C(C(=O)O)C1=O. The van der Waals surface area contributed by atoms with E-state index in [1.54, 1.807) is 25.1 Å². The minimum absolute atomic E-state index is 0.176. The third kappa shape index (κ3) is 1.60. The van der Waals surface area contributed by atoms with Crippen LogP contribution in [0.1, 0.15) is 28.8 Å². The van der Waals surface area contributed by atoms with Crippen LogP contribution in [-0.2, 0) is 9.59 Å². The molecule has 0 fully saturated rings. The Morgan fingerprint density at radius 3 is 2.59 bits per heavy atom. The molecule has 1 heterocycles. The highest BCUT2D eigenvalue weighted by atomic mass is 16.4. The van der Waals surface area contributed by atoms with Gasteiger partial charge >= 0.3 is 5.97 Å². The fraction of sp³-hybridized carbons (Fsp3) is 0.250. The van der Waals surface area contributed by atoms with Gasteiger partial charge in [-0.05, 0) is 18.6 Å². The third-order valence-corrected chi connectivity index (χ3v) is 2.82. The van der Waals surface area contributed by atoms with Gasteiger partial charge in [0, 0.05) is 12.1 Å². The molecule has 1 aromatic carbocycles. The number of fused-ring (bicyclic) bond motifs is 1. The van der Waals surface area contributed by atoms with Crippen molar-refractivity contribution in [3.63, 3.8) is 0 Å². The minimum atomic E-state index is -1.27. The molecule has 0 bridgehead atoms. The third-order valence-electron chi connectivity index (χ3n) is 2.82. The molecule has 0 aliphatic carbocycles. The number of nitrogens with zero attached hydrogens (tertiary/aromatic N) is 1. The zero-order chi connectivity index (χ0) is 12.6. The number of amides is 2. The van der Waals surface area contributed by atoms with Gasteiger partial charge in [-0.25, -0.2) is 0 Å². The van der Waals surface area contributed by atoms with E-state index in [4.69, 9.17) is 5.11 Å². The van der Waals surface area contributed by atoms with E-state index in [-0.39, 0.29) is 12.1 Å². The van der Waals surface area contributed by atoms with E-state index in [2.05, 4.69) is 0 Å². The fourth-order valence-corrected chi connectivity index (χ4v) is 2.02. The summed E-state index contributed by atoms with van der Waals surface area (Å²) >= 11 is 0. The summed E-state index contributed by atoms with van der Waals surface area (Å²) < 4.78 is 0. The van der Waals surface area contributed by atoms with Crippen LogP contribution < -0.4 is 0 Å². The van der Waals surface area contributed by atoms with Gasteiger partial charge in [-0.1, -0.05) is 18.2 Å². The molecule has 5 heteroatoms. The van der Waals surface area contributed by atoms with E-state index in [9.17, 15) is 14.4 Å². The van der Waals surface area contributed by atoms with E-state index in [0.717, 1.165) is 4.90 Å². The lowest BCUT2D eigenvalue weighted by molar-refractivity contribution is -0.146. The van der Waals surface area contributed by atoms with Crippen molar-refractivity contribution in [3.05, 3.63) is 35.4 Å². The molecule has 0 spiro atoms. The van der Waals surface area contributed by atoms with E-state index < -0.39 is 23.7 Å². The number of carbonyl (C=O) groups excluding carboxylic acids is 2. The Morgan fingerprint density at radius 2 is 2.00 bits per heavy atom. The standard InChI is InChI=1S/C12H11NO4/c1-2-13-10(14)8-6-4-3-5-7(8)9(11(13)15)12(16)17/h3-6,9H,2H2,1H3,(H,16,17). The van der Waals surface area contributed by atoms with Gasteiger partial charge in [0.1, 0.15) is 0 Å². The van der Waals surface area contributed by atoms with Gasteiger partial charge < -0.3 is 5.11 Å². The highest BCUT2D eigenvalue weighted by Crippen LogP contribution is 2.29. The van der Waals surface area contributed by atoms with Crippen molar-refractivity contribution in [2.24, 2.45) is 0 Å². The molecule has 1 N–H and O–H groups in total. The molecule has 1 aliphatic heterocycles. The van der Waals surface area contributed by atoms with Crippen molar-refractivity contribution >= 4 is 17.8 Å². The summed E-state index contributed by atoms with van der Waals surface area (Å²) in [6, 6.07) is 6.33. The van der Waals surface area contributed by atoms with Crippen molar-refractivity contribution in [1.82, 2.24) is 4.90 Å². The lowest BCUT2D eigenvalue weighted by Crippen LogP contribution is -2.46. The summed E-state index contributed by atoms with van der Waals surface area (Å²) in [5.41, 5.74) is 0.570. The smallest absolute Gasteiger partial charge is 0.320 e. The molecule has 0 aromatic heterocycles. The average molecular weight is 233 g/mol. The van der Waals surface area contributed by atoms with Crippen LogP contribution in [0.25, 0.3) is 0 Å². The minimum Gasteiger partial charge on any atom is -0.480 e. The highest BCUT2D eigenvalue weighted by Gasteiger charge is 2.41. The monoisotopic (exact) mass is 233 g/mol. The molecule has 1 aliphatic rings. The molecule has 5 nitrogen and oxygen atoms in total. The average Bonchev–Trinajstić information content (AvgIpc) is 2.29. The lowest BCUT2D eigenvalue weighted by atomic mass is 9.88. The number of likely N-dealkylation sites (N-methyl/N-ethyl adjacent to an activating group) is 1.